The van der Waals surface area contributed by atoms with Gasteiger partial charge in [-0.25, -0.2) is 9.78 Å². The van der Waals surface area contributed by atoms with Crippen molar-refractivity contribution >= 4 is 22.6 Å². The molecule has 3 rings (SSSR count). The molecule has 0 fully saturated rings. The van der Waals surface area contributed by atoms with Crippen LogP contribution in [0, 0.1) is 20.8 Å². The summed E-state index contributed by atoms with van der Waals surface area (Å²) in [5.41, 5.74) is 2.27. The zero-order valence-corrected chi connectivity index (χ0v) is 14.6. The molecule has 0 spiro atoms. The lowest BCUT2D eigenvalue weighted by Gasteiger charge is -2.10. The topological polar surface area (TPSA) is 97.6 Å². The first kappa shape index (κ1) is 16.8. The average Bonchev–Trinajstić information content (AvgIpc) is 2.90. The van der Waals surface area contributed by atoms with Crippen molar-refractivity contribution < 1.29 is 4.79 Å². The molecule has 0 atom stereocenters. The number of amides is 2. The number of benzene rings is 1. The number of hydrogen-bond acceptors (Lipinski definition) is 5. The van der Waals surface area contributed by atoms with Gasteiger partial charge in [-0.15, -0.1) is 0 Å². The highest BCUT2D eigenvalue weighted by Crippen LogP contribution is 2.21. The fourth-order valence-electron chi connectivity index (χ4n) is 2.64. The van der Waals surface area contributed by atoms with Crippen LogP contribution in [0.3, 0.4) is 0 Å². The monoisotopic (exact) mass is 339 g/mol. The number of aromatic nitrogens is 5. The highest BCUT2D eigenvalue weighted by atomic mass is 16.2. The van der Waals surface area contributed by atoms with E-state index in [1.165, 1.54) is 0 Å². The Hall–Kier alpha value is -3.03. The van der Waals surface area contributed by atoms with Crippen LogP contribution in [0.2, 0.25) is 0 Å². The van der Waals surface area contributed by atoms with Gasteiger partial charge in [0.2, 0.25) is 0 Å². The minimum atomic E-state index is -0.242. The largest absolute Gasteiger partial charge is 0.338 e. The van der Waals surface area contributed by atoms with Crippen molar-refractivity contribution in [3.8, 4) is 0 Å². The highest BCUT2D eigenvalue weighted by Gasteiger charge is 2.07. The summed E-state index contributed by atoms with van der Waals surface area (Å²) in [5.74, 6) is 1.65. The van der Waals surface area contributed by atoms with Crippen LogP contribution in [0.1, 0.15) is 23.8 Å². The second-order valence-electron chi connectivity index (χ2n) is 5.89. The molecule has 8 nitrogen and oxygen atoms in total. The maximum absolute atomic E-state index is 12.1. The lowest BCUT2D eigenvalue weighted by atomic mass is 10.2. The molecule has 0 bridgehead atoms. The van der Waals surface area contributed by atoms with E-state index in [-0.39, 0.29) is 6.03 Å². The SMILES string of the molecule is Cc1cc2c(NC(=O)NCCCn3nc(C)nc3C)cccc2nn1. The number of carbonyl (C=O) groups excluding carboxylic acids is 1. The Morgan fingerprint density at radius 1 is 1.20 bits per heavy atom. The number of rotatable bonds is 5. The fourth-order valence-corrected chi connectivity index (χ4v) is 2.64. The van der Waals surface area contributed by atoms with E-state index in [9.17, 15) is 4.79 Å². The van der Waals surface area contributed by atoms with E-state index in [0.29, 0.717) is 6.54 Å². The standard InChI is InChI=1S/C17H21N7O/c1-11-10-14-15(6-4-7-16(14)22-21-11)20-17(25)18-8-5-9-24-13(3)19-12(2)23-24/h4,6-7,10H,5,8-9H2,1-3H3,(H2,18,20,25). The van der Waals surface area contributed by atoms with Crippen molar-refractivity contribution in [3.05, 3.63) is 41.6 Å². The zero-order valence-electron chi connectivity index (χ0n) is 14.6. The van der Waals surface area contributed by atoms with Gasteiger partial charge in [-0.05, 0) is 45.4 Å². The van der Waals surface area contributed by atoms with Gasteiger partial charge in [0.15, 0.2) is 0 Å². The molecule has 3 aromatic rings. The Labute approximate surface area is 145 Å². The summed E-state index contributed by atoms with van der Waals surface area (Å²) in [6, 6.07) is 7.23. The number of urea groups is 1. The molecule has 0 aliphatic carbocycles. The van der Waals surface area contributed by atoms with Crippen molar-refractivity contribution in [1.82, 2.24) is 30.3 Å². The summed E-state index contributed by atoms with van der Waals surface area (Å²) in [6.07, 6.45) is 0.775. The van der Waals surface area contributed by atoms with Crippen molar-refractivity contribution in [2.24, 2.45) is 0 Å². The van der Waals surface area contributed by atoms with E-state index in [4.69, 9.17) is 0 Å². The lowest BCUT2D eigenvalue weighted by Crippen LogP contribution is -2.30. The number of fused-ring (bicyclic) bond motifs is 1. The molecular formula is C17H21N7O. The summed E-state index contributed by atoms with van der Waals surface area (Å²) < 4.78 is 1.85. The lowest BCUT2D eigenvalue weighted by molar-refractivity contribution is 0.251. The molecule has 2 amide bonds. The van der Waals surface area contributed by atoms with Gasteiger partial charge in [0.25, 0.3) is 0 Å². The van der Waals surface area contributed by atoms with Crippen LogP contribution in [-0.2, 0) is 6.54 Å². The predicted molar refractivity (Wildman–Crippen MR) is 95.4 cm³/mol. The minimum absolute atomic E-state index is 0.242. The molecule has 130 valence electrons. The van der Waals surface area contributed by atoms with Gasteiger partial charge in [0.1, 0.15) is 11.6 Å². The second kappa shape index (κ2) is 7.25. The first-order valence-electron chi connectivity index (χ1n) is 8.19. The highest BCUT2D eigenvalue weighted by molar-refractivity contribution is 6.00. The van der Waals surface area contributed by atoms with Gasteiger partial charge in [-0.3, -0.25) is 4.68 Å². The summed E-state index contributed by atoms with van der Waals surface area (Å²) in [7, 11) is 0. The van der Waals surface area contributed by atoms with Gasteiger partial charge in [0.05, 0.1) is 16.9 Å². The number of hydrogen-bond donors (Lipinski definition) is 2. The van der Waals surface area contributed by atoms with Crippen molar-refractivity contribution in [2.75, 3.05) is 11.9 Å². The first-order valence-corrected chi connectivity index (χ1v) is 8.19. The Morgan fingerprint density at radius 3 is 2.80 bits per heavy atom. The third kappa shape index (κ3) is 4.09. The van der Waals surface area contributed by atoms with Gasteiger partial charge in [-0.2, -0.15) is 15.3 Å². The molecule has 0 saturated heterocycles. The Bertz CT molecular complexity index is 903. The van der Waals surface area contributed by atoms with E-state index in [0.717, 1.165) is 46.9 Å². The molecule has 0 aliphatic rings. The third-order valence-electron chi connectivity index (χ3n) is 3.79. The van der Waals surface area contributed by atoms with Gasteiger partial charge >= 0.3 is 6.03 Å². The number of anilines is 1. The minimum Gasteiger partial charge on any atom is -0.338 e. The quantitative estimate of drug-likeness (QED) is 0.695. The van der Waals surface area contributed by atoms with Crippen LogP contribution >= 0.6 is 0 Å². The summed E-state index contributed by atoms with van der Waals surface area (Å²) >= 11 is 0. The average molecular weight is 339 g/mol. The van der Waals surface area contributed by atoms with Crippen LogP contribution in [0.5, 0.6) is 0 Å². The van der Waals surface area contributed by atoms with Gasteiger partial charge in [-0.1, -0.05) is 6.07 Å². The molecule has 2 aromatic heterocycles. The van der Waals surface area contributed by atoms with Crippen LogP contribution in [0.4, 0.5) is 10.5 Å². The van der Waals surface area contributed by atoms with Crippen molar-refractivity contribution in [3.63, 3.8) is 0 Å². The Balaban J connectivity index is 1.54. The van der Waals surface area contributed by atoms with Crippen LogP contribution in [-0.4, -0.2) is 37.5 Å². The van der Waals surface area contributed by atoms with Crippen LogP contribution in [0.25, 0.3) is 10.9 Å². The summed E-state index contributed by atoms with van der Waals surface area (Å²) in [4.78, 5) is 16.4. The predicted octanol–water partition coefficient (Wildman–Crippen LogP) is 2.36. The fraction of sp³-hybridized carbons (Fsp3) is 0.353. The molecule has 25 heavy (non-hydrogen) atoms. The third-order valence-corrected chi connectivity index (χ3v) is 3.79. The molecule has 0 aliphatic heterocycles. The van der Waals surface area contributed by atoms with Gasteiger partial charge < -0.3 is 10.6 Å². The van der Waals surface area contributed by atoms with E-state index in [1.807, 2.05) is 49.7 Å². The Kier molecular flexibility index (Phi) is 4.87. The summed E-state index contributed by atoms with van der Waals surface area (Å²) in [6.45, 7) is 6.93. The maximum atomic E-state index is 12.1. The molecule has 2 N–H and O–H groups in total. The van der Waals surface area contributed by atoms with Crippen LogP contribution in [0.15, 0.2) is 24.3 Å². The molecule has 0 radical (unpaired) electrons. The van der Waals surface area contributed by atoms with E-state index < -0.39 is 0 Å². The van der Waals surface area contributed by atoms with Crippen molar-refractivity contribution in [2.45, 2.75) is 33.7 Å². The molecular weight excluding hydrogens is 318 g/mol. The molecule has 2 heterocycles. The maximum Gasteiger partial charge on any atom is 0.319 e. The Morgan fingerprint density at radius 2 is 2.04 bits per heavy atom. The van der Waals surface area contributed by atoms with Crippen molar-refractivity contribution in [1.29, 1.82) is 0 Å². The first-order chi connectivity index (χ1) is 12.0. The van der Waals surface area contributed by atoms with Gasteiger partial charge in [0, 0.05) is 18.5 Å². The number of nitrogens with zero attached hydrogens (tertiary/aromatic N) is 5. The van der Waals surface area contributed by atoms with E-state index in [2.05, 4.69) is 30.9 Å². The number of carbonyl (C=O) groups is 1. The molecule has 8 heteroatoms. The van der Waals surface area contributed by atoms with E-state index >= 15 is 0 Å². The molecule has 0 saturated carbocycles. The number of nitrogens with one attached hydrogen (secondary N) is 2. The second-order valence-corrected chi connectivity index (χ2v) is 5.89. The van der Waals surface area contributed by atoms with Crippen LogP contribution < -0.4 is 10.6 Å². The normalized spacial score (nSPS) is 10.8. The summed E-state index contributed by atoms with van der Waals surface area (Å²) in [5, 5.41) is 19.1. The zero-order chi connectivity index (χ0) is 17.8. The molecule has 1 aromatic carbocycles. The van der Waals surface area contributed by atoms with E-state index in [1.54, 1.807) is 0 Å². The molecule has 0 unspecified atom stereocenters. The number of aryl methyl sites for hydroxylation is 4. The smallest absolute Gasteiger partial charge is 0.319 e.